The number of aliphatic hydroxyl groups excluding tert-OH is 1. The maximum absolute atomic E-state index is 9.09. The summed E-state index contributed by atoms with van der Waals surface area (Å²) in [6.45, 7) is 0.915. The van der Waals surface area contributed by atoms with Gasteiger partial charge in [0.05, 0.1) is 12.7 Å². The van der Waals surface area contributed by atoms with Crippen molar-refractivity contribution in [3.63, 3.8) is 0 Å². The molecule has 0 saturated carbocycles. The Morgan fingerprint density at radius 3 is 3.09 bits per heavy atom. The lowest BCUT2D eigenvalue weighted by Gasteiger charge is -2.01. The Balaban J connectivity index is 2.12. The molecule has 0 aliphatic heterocycles. The molecule has 0 amide bonds. The zero-order valence-electron chi connectivity index (χ0n) is 6.75. The van der Waals surface area contributed by atoms with Gasteiger partial charge in [-0.3, -0.25) is 0 Å². The molecule has 1 rings (SSSR count). The van der Waals surface area contributed by atoms with Crippen molar-refractivity contribution in [1.29, 1.82) is 0 Å². The summed E-state index contributed by atoms with van der Waals surface area (Å²) >= 11 is 0. The van der Waals surface area contributed by atoms with E-state index in [1.807, 2.05) is 6.08 Å². The number of rotatable bonds is 4. The molecule has 3 nitrogen and oxygen atoms in total. The minimum absolute atomic E-state index is 0.254. The van der Waals surface area contributed by atoms with Crippen molar-refractivity contribution in [1.82, 2.24) is 0 Å². The average Bonchev–Trinajstić information content (AvgIpc) is 2.37. The van der Waals surface area contributed by atoms with Crippen LogP contribution in [0, 0.1) is 0 Å². The van der Waals surface area contributed by atoms with Crippen molar-refractivity contribution in [2.75, 3.05) is 20.5 Å². The van der Waals surface area contributed by atoms with Crippen molar-refractivity contribution in [2.45, 2.75) is 18.9 Å². The number of hydrogen-bond acceptors (Lipinski definition) is 3. The normalized spacial score (nSPS) is 23.8. The molecule has 1 unspecified atom stereocenters. The second kappa shape index (κ2) is 4.49. The Morgan fingerprint density at radius 1 is 1.73 bits per heavy atom. The first-order valence-electron chi connectivity index (χ1n) is 3.77. The quantitative estimate of drug-likeness (QED) is 0.371. The van der Waals surface area contributed by atoms with E-state index in [9.17, 15) is 0 Å². The van der Waals surface area contributed by atoms with Crippen LogP contribution < -0.4 is 0 Å². The van der Waals surface area contributed by atoms with Crippen LogP contribution in [0.4, 0.5) is 0 Å². The first-order valence-corrected chi connectivity index (χ1v) is 3.77. The average molecular weight is 158 g/mol. The highest BCUT2D eigenvalue weighted by Gasteiger charge is 2.11. The van der Waals surface area contributed by atoms with Crippen LogP contribution in [0.5, 0.6) is 0 Å². The predicted molar refractivity (Wildman–Crippen MR) is 41.2 cm³/mol. The van der Waals surface area contributed by atoms with Gasteiger partial charge in [0.2, 0.25) is 0 Å². The molecule has 64 valence electrons. The van der Waals surface area contributed by atoms with Gasteiger partial charge in [-0.05, 0) is 18.4 Å². The lowest BCUT2D eigenvalue weighted by Crippen LogP contribution is -1.99. The zero-order valence-corrected chi connectivity index (χ0v) is 6.75. The van der Waals surface area contributed by atoms with Crippen LogP contribution in [0.1, 0.15) is 12.8 Å². The molecule has 11 heavy (non-hydrogen) atoms. The molecule has 1 atom stereocenters. The van der Waals surface area contributed by atoms with Gasteiger partial charge in [0.15, 0.2) is 0 Å². The summed E-state index contributed by atoms with van der Waals surface area (Å²) < 4.78 is 9.83. The standard InChI is InChI=1S/C8H14O3/c1-10-6-11-5-7-2-3-8(9)4-7/h4,8-9H,2-3,5-6H2,1H3. The molecular formula is C8H14O3. The van der Waals surface area contributed by atoms with E-state index in [1.54, 1.807) is 7.11 Å². The predicted octanol–water partition coefficient (Wildman–Crippen LogP) is 0.688. The molecular weight excluding hydrogens is 144 g/mol. The highest BCUT2D eigenvalue weighted by atomic mass is 16.7. The van der Waals surface area contributed by atoms with Crippen LogP contribution >= 0.6 is 0 Å². The lowest BCUT2D eigenvalue weighted by molar-refractivity contribution is -0.0215. The largest absolute Gasteiger partial charge is 0.389 e. The number of ether oxygens (including phenoxy) is 2. The van der Waals surface area contributed by atoms with Gasteiger partial charge in [0.1, 0.15) is 6.79 Å². The molecule has 0 saturated heterocycles. The lowest BCUT2D eigenvalue weighted by atomic mass is 10.2. The van der Waals surface area contributed by atoms with E-state index in [0.717, 1.165) is 12.8 Å². The summed E-state index contributed by atoms with van der Waals surface area (Å²) in [7, 11) is 1.60. The van der Waals surface area contributed by atoms with Crippen molar-refractivity contribution in [3.8, 4) is 0 Å². The van der Waals surface area contributed by atoms with Crippen LogP contribution in [0.2, 0.25) is 0 Å². The van der Waals surface area contributed by atoms with Gasteiger partial charge in [0, 0.05) is 7.11 Å². The van der Waals surface area contributed by atoms with E-state index in [-0.39, 0.29) is 6.10 Å². The Kier molecular flexibility index (Phi) is 3.56. The first kappa shape index (κ1) is 8.71. The summed E-state index contributed by atoms with van der Waals surface area (Å²) in [6, 6.07) is 0. The van der Waals surface area contributed by atoms with E-state index in [0.29, 0.717) is 13.4 Å². The van der Waals surface area contributed by atoms with Crippen molar-refractivity contribution in [3.05, 3.63) is 11.6 Å². The van der Waals surface area contributed by atoms with Gasteiger partial charge >= 0.3 is 0 Å². The van der Waals surface area contributed by atoms with Gasteiger partial charge in [-0.15, -0.1) is 0 Å². The van der Waals surface area contributed by atoms with E-state index in [2.05, 4.69) is 0 Å². The van der Waals surface area contributed by atoms with Crippen molar-refractivity contribution >= 4 is 0 Å². The molecule has 0 aromatic carbocycles. The maximum atomic E-state index is 9.09. The second-order valence-corrected chi connectivity index (χ2v) is 2.69. The van der Waals surface area contributed by atoms with Gasteiger partial charge in [-0.1, -0.05) is 6.08 Å². The zero-order chi connectivity index (χ0) is 8.10. The monoisotopic (exact) mass is 158 g/mol. The fraction of sp³-hybridized carbons (Fsp3) is 0.750. The molecule has 1 aliphatic rings. The van der Waals surface area contributed by atoms with Crippen LogP contribution in [0.25, 0.3) is 0 Å². The van der Waals surface area contributed by atoms with Crippen LogP contribution in [0.3, 0.4) is 0 Å². The molecule has 1 N–H and O–H groups in total. The molecule has 0 heterocycles. The topological polar surface area (TPSA) is 38.7 Å². The van der Waals surface area contributed by atoms with E-state index < -0.39 is 0 Å². The van der Waals surface area contributed by atoms with Crippen LogP contribution in [-0.4, -0.2) is 31.7 Å². The number of hydrogen-bond donors (Lipinski definition) is 1. The molecule has 0 spiro atoms. The number of aliphatic hydroxyl groups is 1. The first-order chi connectivity index (χ1) is 5.33. The number of methoxy groups -OCH3 is 1. The molecule has 0 radical (unpaired) electrons. The molecule has 1 aliphatic carbocycles. The summed E-state index contributed by atoms with van der Waals surface area (Å²) in [6.07, 6.45) is 3.39. The third-order valence-corrected chi connectivity index (χ3v) is 1.68. The van der Waals surface area contributed by atoms with Gasteiger partial charge in [-0.25, -0.2) is 0 Å². The van der Waals surface area contributed by atoms with Crippen LogP contribution in [0.15, 0.2) is 11.6 Å². The molecule has 0 aromatic heterocycles. The second-order valence-electron chi connectivity index (χ2n) is 2.69. The summed E-state index contributed by atoms with van der Waals surface area (Å²) in [5.41, 5.74) is 1.18. The third kappa shape index (κ3) is 3.01. The Labute approximate surface area is 66.6 Å². The minimum atomic E-state index is -0.254. The van der Waals surface area contributed by atoms with Gasteiger partial charge in [0.25, 0.3) is 0 Å². The van der Waals surface area contributed by atoms with Crippen molar-refractivity contribution in [2.24, 2.45) is 0 Å². The highest BCUT2D eigenvalue weighted by Crippen LogP contribution is 2.17. The Morgan fingerprint density at radius 2 is 2.55 bits per heavy atom. The summed E-state index contributed by atoms with van der Waals surface area (Å²) in [4.78, 5) is 0. The summed E-state index contributed by atoms with van der Waals surface area (Å²) in [5, 5.41) is 9.09. The maximum Gasteiger partial charge on any atom is 0.146 e. The smallest absolute Gasteiger partial charge is 0.146 e. The Hall–Kier alpha value is -0.380. The highest BCUT2D eigenvalue weighted by molar-refractivity contribution is 5.11. The minimum Gasteiger partial charge on any atom is -0.389 e. The van der Waals surface area contributed by atoms with Gasteiger partial charge in [-0.2, -0.15) is 0 Å². The molecule has 0 aromatic rings. The molecule has 0 fully saturated rings. The fourth-order valence-corrected chi connectivity index (χ4v) is 1.15. The van der Waals surface area contributed by atoms with E-state index >= 15 is 0 Å². The van der Waals surface area contributed by atoms with Crippen LogP contribution in [-0.2, 0) is 9.47 Å². The third-order valence-electron chi connectivity index (χ3n) is 1.68. The van der Waals surface area contributed by atoms with Gasteiger partial charge < -0.3 is 14.6 Å². The SMILES string of the molecule is COCOCC1=CC(O)CC1. The van der Waals surface area contributed by atoms with E-state index in [4.69, 9.17) is 14.6 Å². The Bertz CT molecular complexity index is 142. The fourth-order valence-electron chi connectivity index (χ4n) is 1.15. The molecule has 3 heteroatoms. The summed E-state index contributed by atoms with van der Waals surface area (Å²) in [5.74, 6) is 0. The molecule has 0 bridgehead atoms. The van der Waals surface area contributed by atoms with Crippen molar-refractivity contribution < 1.29 is 14.6 Å². The van der Waals surface area contributed by atoms with E-state index in [1.165, 1.54) is 5.57 Å².